The van der Waals surface area contributed by atoms with E-state index in [1.165, 1.54) is 6.26 Å². The van der Waals surface area contributed by atoms with Crippen LogP contribution in [-0.2, 0) is 11.3 Å². The van der Waals surface area contributed by atoms with E-state index in [1.807, 2.05) is 19.9 Å². The molecular formula is C19H28N6O3. The Morgan fingerprint density at radius 3 is 2.71 bits per heavy atom. The molecule has 0 radical (unpaired) electrons. The largest absolute Gasteiger partial charge is 0.447 e. The van der Waals surface area contributed by atoms with Gasteiger partial charge >= 0.3 is 0 Å². The van der Waals surface area contributed by atoms with Crippen LogP contribution in [0.5, 0.6) is 0 Å². The van der Waals surface area contributed by atoms with Crippen LogP contribution in [0.4, 0.5) is 5.95 Å². The van der Waals surface area contributed by atoms with Crippen molar-refractivity contribution in [2.24, 2.45) is 0 Å². The SMILES string of the molecule is CC(C)OCCCNC(=O)c1coc(CN2CCN(c3ncccn3)CC2)n1. The van der Waals surface area contributed by atoms with Crippen LogP contribution in [0, 0.1) is 0 Å². The molecule has 1 aliphatic heterocycles. The van der Waals surface area contributed by atoms with Crippen LogP contribution in [0.15, 0.2) is 29.1 Å². The number of aromatic nitrogens is 3. The minimum absolute atomic E-state index is 0.205. The van der Waals surface area contributed by atoms with Crippen molar-refractivity contribution in [2.75, 3.05) is 44.2 Å². The summed E-state index contributed by atoms with van der Waals surface area (Å²) in [7, 11) is 0. The third-order valence-corrected chi connectivity index (χ3v) is 4.41. The van der Waals surface area contributed by atoms with Crippen molar-refractivity contribution in [3.8, 4) is 0 Å². The Labute approximate surface area is 165 Å². The number of nitrogens with one attached hydrogen (secondary N) is 1. The molecule has 0 bridgehead atoms. The first-order chi connectivity index (χ1) is 13.6. The summed E-state index contributed by atoms with van der Waals surface area (Å²) < 4.78 is 10.9. The third-order valence-electron chi connectivity index (χ3n) is 4.41. The van der Waals surface area contributed by atoms with Crippen molar-refractivity contribution < 1.29 is 13.9 Å². The molecule has 1 fully saturated rings. The van der Waals surface area contributed by atoms with E-state index in [1.54, 1.807) is 12.4 Å². The van der Waals surface area contributed by atoms with E-state index in [2.05, 4.69) is 30.1 Å². The van der Waals surface area contributed by atoms with Gasteiger partial charge in [0.15, 0.2) is 5.69 Å². The monoisotopic (exact) mass is 388 g/mol. The van der Waals surface area contributed by atoms with Crippen LogP contribution >= 0.6 is 0 Å². The van der Waals surface area contributed by atoms with Gasteiger partial charge in [0.05, 0.1) is 12.6 Å². The minimum Gasteiger partial charge on any atom is -0.447 e. The molecule has 0 aromatic carbocycles. The summed E-state index contributed by atoms with van der Waals surface area (Å²) in [4.78, 5) is 29.4. The standard InChI is InChI=1S/C19H28N6O3/c1-15(2)27-12-4-7-20-18(26)16-14-28-17(23-16)13-24-8-10-25(11-9-24)19-21-5-3-6-22-19/h3,5-6,14-15H,4,7-13H2,1-2H3,(H,20,26). The van der Waals surface area contributed by atoms with Gasteiger partial charge in [-0.3, -0.25) is 9.69 Å². The Balaban J connectivity index is 1.39. The lowest BCUT2D eigenvalue weighted by Crippen LogP contribution is -2.46. The molecule has 0 atom stereocenters. The molecule has 28 heavy (non-hydrogen) atoms. The zero-order valence-corrected chi connectivity index (χ0v) is 16.5. The first kappa shape index (κ1) is 20.2. The van der Waals surface area contributed by atoms with Gasteiger partial charge in [-0.1, -0.05) is 0 Å². The van der Waals surface area contributed by atoms with Crippen molar-refractivity contribution in [2.45, 2.75) is 32.9 Å². The molecule has 0 unspecified atom stereocenters. The van der Waals surface area contributed by atoms with E-state index in [0.29, 0.717) is 31.3 Å². The second-order valence-corrected chi connectivity index (χ2v) is 6.97. The predicted octanol–water partition coefficient (Wildman–Crippen LogP) is 1.33. The molecule has 9 heteroatoms. The van der Waals surface area contributed by atoms with Crippen LogP contribution in [0.3, 0.4) is 0 Å². The Bertz CT molecular complexity index is 728. The number of ether oxygens (including phenoxy) is 1. The molecule has 2 aromatic rings. The lowest BCUT2D eigenvalue weighted by Gasteiger charge is -2.33. The molecule has 1 saturated heterocycles. The quantitative estimate of drug-likeness (QED) is 0.643. The molecule has 3 heterocycles. The summed E-state index contributed by atoms with van der Waals surface area (Å²) in [5.74, 6) is 1.10. The summed E-state index contributed by atoms with van der Waals surface area (Å²) in [6.45, 7) is 9.15. The zero-order chi connectivity index (χ0) is 19.8. The first-order valence-electron chi connectivity index (χ1n) is 9.70. The number of oxazole rings is 1. The van der Waals surface area contributed by atoms with Gasteiger partial charge in [-0.25, -0.2) is 15.0 Å². The number of hydrogen-bond donors (Lipinski definition) is 1. The van der Waals surface area contributed by atoms with Crippen molar-refractivity contribution in [1.29, 1.82) is 0 Å². The number of hydrogen-bond acceptors (Lipinski definition) is 8. The third kappa shape index (κ3) is 6.00. The van der Waals surface area contributed by atoms with Gasteiger partial charge in [-0.15, -0.1) is 0 Å². The highest BCUT2D eigenvalue weighted by atomic mass is 16.5. The van der Waals surface area contributed by atoms with E-state index in [9.17, 15) is 4.79 Å². The summed E-state index contributed by atoms with van der Waals surface area (Å²) in [6.07, 6.45) is 5.90. The van der Waals surface area contributed by atoms with Crippen LogP contribution in [0.2, 0.25) is 0 Å². The molecule has 1 amide bonds. The van der Waals surface area contributed by atoms with E-state index in [-0.39, 0.29) is 12.0 Å². The second-order valence-electron chi connectivity index (χ2n) is 6.97. The normalized spacial score (nSPS) is 15.2. The number of piperazine rings is 1. The fraction of sp³-hybridized carbons (Fsp3) is 0.579. The number of amides is 1. The highest BCUT2D eigenvalue weighted by Crippen LogP contribution is 2.12. The average Bonchev–Trinajstić information content (AvgIpc) is 3.17. The van der Waals surface area contributed by atoms with Crippen LogP contribution in [-0.4, -0.2) is 71.2 Å². The fourth-order valence-electron chi connectivity index (χ4n) is 2.92. The zero-order valence-electron chi connectivity index (χ0n) is 16.5. The molecular weight excluding hydrogens is 360 g/mol. The van der Waals surface area contributed by atoms with Crippen LogP contribution in [0.25, 0.3) is 0 Å². The molecule has 0 saturated carbocycles. The Hall–Kier alpha value is -2.52. The van der Waals surface area contributed by atoms with Gasteiger partial charge in [0.1, 0.15) is 6.26 Å². The van der Waals surface area contributed by atoms with E-state index in [0.717, 1.165) is 38.5 Å². The van der Waals surface area contributed by atoms with Crippen molar-refractivity contribution in [1.82, 2.24) is 25.2 Å². The van der Waals surface area contributed by atoms with Crippen molar-refractivity contribution in [3.05, 3.63) is 36.3 Å². The second kappa shape index (κ2) is 10.1. The maximum Gasteiger partial charge on any atom is 0.273 e. The molecule has 9 nitrogen and oxygen atoms in total. The number of rotatable bonds is 9. The fourth-order valence-corrected chi connectivity index (χ4v) is 2.92. The Morgan fingerprint density at radius 1 is 1.25 bits per heavy atom. The summed E-state index contributed by atoms with van der Waals surface area (Å²) in [5.41, 5.74) is 0.316. The topological polar surface area (TPSA) is 96.6 Å². The molecule has 1 N–H and O–H groups in total. The molecule has 0 aliphatic carbocycles. The van der Waals surface area contributed by atoms with Gasteiger partial charge in [0.25, 0.3) is 5.91 Å². The summed E-state index contributed by atoms with van der Waals surface area (Å²) in [5, 5.41) is 2.84. The Morgan fingerprint density at radius 2 is 2.00 bits per heavy atom. The van der Waals surface area contributed by atoms with Gasteiger partial charge in [-0.2, -0.15) is 0 Å². The number of anilines is 1. The van der Waals surface area contributed by atoms with Crippen molar-refractivity contribution >= 4 is 11.9 Å². The average molecular weight is 388 g/mol. The Kier molecular flexibility index (Phi) is 7.32. The van der Waals surface area contributed by atoms with Gasteiger partial charge < -0.3 is 19.4 Å². The van der Waals surface area contributed by atoms with Crippen molar-refractivity contribution in [3.63, 3.8) is 0 Å². The first-order valence-corrected chi connectivity index (χ1v) is 9.70. The lowest BCUT2D eigenvalue weighted by atomic mass is 10.3. The van der Waals surface area contributed by atoms with E-state index >= 15 is 0 Å². The van der Waals surface area contributed by atoms with Gasteiger partial charge in [0.2, 0.25) is 11.8 Å². The van der Waals surface area contributed by atoms with Crippen LogP contribution in [0.1, 0.15) is 36.6 Å². The number of carbonyl (C=O) groups is 1. The maximum atomic E-state index is 12.1. The van der Waals surface area contributed by atoms with Gasteiger partial charge in [0, 0.05) is 51.7 Å². The number of carbonyl (C=O) groups excluding carboxylic acids is 1. The smallest absolute Gasteiger partial charge is 0.273 e. The molecule has 1 aliphatic rings. The van der Waals surface area contributed by atoms with Gasteiger partial charge in [-0.05, 0) is 26.3 Å². The van der Waals surface area contributed by atoms with Crippen LogP contribution < -0.4 is 10.2 Å². The molecule has 3 rings (SSSR count). The molecule has 152 valence electrons. The number of nitrogens with zero attached hydrogens (tertiary/aromatic N) is 5. The highest BCUT2D eigenvalue weighted by Gasteiger charge is 2.21. The maximum absolute atomic E-state index is 12.1. The molecule has 0 spiro atoms. The molecule has 2 aromatic heterocycles. The minimum atomic E-state index is -0.217. The summed E-state index contributed by atoms with van der Waals surface area (Å²) in [6, 6.07) is 1.81. The summed E-state index contributed by atoms with van der Waals surface area (Å²) >= 11 is 0. The predicted molar refractivity (Wildman–Crippen MR) is 104 cm³/mol. The highest BCUT2D eigenvalue weighted by molar-refractivity contribution is 5.91. The van der Waals surface area contributed by atoms with E-state index < -0.39 is 0 Å². The lowest BCUT2D eigenvalue weighted by molar-refractivity contribution is 0.0756. The van der Waals surface area contributed by atoms with E-state index in [4.69, 9.17) is 9.15 Å².